The molecule has 0 saturated carbocycles. The van der Waals surface area contributed by atoms with E-state index in [4.69, 9.17) is 0 Å². The van der Waals surface area contributed by atoms with Crippen molar-refractivity contribution in [3.05, 3.63) is 103 Å². The molecule has 0 spiro atoms. The number of hydrogen-bond acceptors (Lipinski definition) is 6. The molecule has 5 aromatic rings. The maximum absolute atomic E-state index is 13.7. The van der Waals surface area contributed by atoms with Crippen molar-refractivity contribution in [2.24, 2.45) is 0 Å². The number of rotatable bonds is 5. The standard InChI is InChI=1S/C26H17F3N6O2/c27-26(28,29)22-14-21(19-5-2-12-30-15-19)34-35(22)24-11-10-23(32-33-24)31-25(37)18-4-1-3-17(13-18)16-6-8-20(36)9-7-16/h1-15,36H,(H,31,32,37). The Labute approximate surface area is 208 Å². The largest absolute Gasteiger partial charge is 0.508 e. The smallest absolute Gasteiger partial charge is 0.433 e. The molecule has 0 aliphatic rings. The molecular formula is C26H17F3N6O2. The lowest BCUT2D eigenvalue weighted by atomic mass is 10.0. The van der Waals surface area contributed by atoms with E-state index in [-0.39, 0.29) is 23.1 Å². The number of carbonyl (C=O) groups is 1. The molecule has 0 unspecified atom stereocenters. The topological polar surface area (TPSA) is 106 Å². The summed E-state index contributed by atoms with van der Waals surface area (Å²) in [6, 6.07) is 20.1. The van der Waals surface area contributed by atoms with Gasteiger partial charge in [0, 0.05) is 23.5 Å². The Balaban J connectivity index is 1.38. The van der Waals surface area contributed by atoms with Crippen LogP contribution in [0.5, 0.6) is 5.75 Å². The fourth-order valence-corrected chi connectivity index (χ4v) is 3.60. The van der Waals surface area contributed by atoms with Gasteiger partial charge in [-0.2, -0.15) is 18.3 Å². The van der Waals surface area contributed by atoms with Crippen molar-refractivity contribution in [1.29, 1.82) is 0 Å². The van der Waals surface area contributed by atoms with Gasteiger partial charge in [0.1, 0.15) is 5.75 Å². The number of pyridine rings is 1. The molecule has 0 fully saturated rings. The van der Waals surface area contributed by atoms with E-state index < -0.39 is 17.8 Å². The molecule has 0 aliphatic carbocycles. The highest BCUT2D eigenvalue weighted by atomic mass is 19.4. The SMILES string of the molecule is O=C(Nc1ccc(-n2nc(-c3cccnc3)cc2C(F)(F)F)nn1)c1cccc(-c2ccc(O)cc2)c1. The first-order valence-electron chi connectivity index (χ1n) is 10.9. The van der Waals surface area contributed by atoms with Crippen molar-refractivity contribution < 1.29 is 23.1 Å². The highest BCUT2D eigenvalue weighted by Crippen LogP contribution is 2.33. The molecule has 3 heterocycles. The van der Waals surface area contributed by atoms with Crippen LogP contribution in [-0.4, -0.2) is 36.0 Å². The monoisotopic (exact) mass is 502 g/mol. The lowest BCUT2D eigenvalue weighted by molar-refractivity contribution is -0.142. The Morgan fingerprint density at radius 1 is 0.865 bits per heavy atom. The van der Waals surface area contributed by atoms with Crippen molar-refractivity contribution in [1.82, 2.24) is 25.0 Å². The number of nitrogens with zero attached hydrogens (tertiary/aromatic N) is 5. The van der Waals surface area contributed by atoms with Gasteiger partial charge >= 0.3 is 6.18 Å². The van der Waals surface area contributed by atoms with Crippen molar-refractivity contribution in [3.63, 3.8) is 0 Å². The van der Waals surface area contributed by atoms with Gasteiger partial charge in [0.25, 0.3) is 5.91 Å². The second kappa shape index (κ2) is 9.53. The van der Waals surface area contributed by atoms with E-state index in [1.165, 1.54) is 24.5 Å². The number of halogens is 3. The number of aromatic nitrogens is 5. The Kier molecular flexibility index (Phi) is 6.10. The first-order valence-corrected chi connectivity index (χ1v) is 10.9. The number of alkyl halides is 3. The molecule has 3 aromatic heterocycles. The fourth-order valence-electron chi connectivity index (χ4n) is 3.60. The maximum atomic E-state index is 13.7. The second-order valence-corrected chi connectivity index (χ2v) is 7.92. The summed E-state index contributed by atoms with van der Waals surface area (Å²) in [5, 5.41) is 23.8. The molecule has 0 aliphatic heterocycles. The number of hydrogen-bond donors (Lipinski definition) is 2. The number of aromatic hydroxyl groups is 1. The minimum atomic E-state index is -4.69. The lowest BCUT2D eigenvalue weighted by Crippen LogP contribution is -2.16. The van der Waals surface area contributed by atoms with Crippen LogP contribution in [0.1, 0.15) is 16.1 Å². The van der Waals surface area contributed by atoms with Crippen molar-refractivity contribution in [2.45, 2.75) is 6.18 Å². The number of anilines is 1. The number of phenolic OH excluding ortho intramolecular Hbond substituents is 1. The second-order valence-electron chi connectivity index (χ2n) is 7.92. The molecule has 0 saturated heterocycles. The van der Waals surface area contributed by atoms with E-state index in [1.54, 1.807) is 54.6 Å². The summed E-state index contributed by atoms with van der Waals surface area (Å²) in [5.74, 6) is -0.464. The van der Waals surface area contributed by atoms with Crippen LogP contribution in [0.25, 0.3) is 28.2 Å². The molecule has 2 N–H and O–H groups in total. The van der Waals surface area contributed by atoms with Crippen molar-refractivity contribution in [2.75, 3.05) is 5.32 Å². The molecule has 37 heavy (non-hydrogen) atoms. The van der Waals surface area contributed by atoms with Gasteiger partial charge < -0.3 is 10.4 Å². The molecule has 0 bridgehead atoms. The van der Waals surface area contributed by atoms with Crippen molar-refractivity contribution >= 4 is 11.7 Å². The van der Waals surface area contributed by atoms with E-state index >= 15 is 0 Å². The van der Waals surface area contributed by atoms with Gasteiger partial charge in [-0.05, 0) is 65.7 Å². The van der Waals surface area contributed by atoms with E-state index in [9.17, 15) is 23.1 Å². The number of nitrogens with one attached hydrogen (secondary N) is 1. The van der Waals surface area contributed by atoms with Crippen LogP contribution in [0.3, 0.4) is 0 Å². The molecular weight excluding hydrogens is 485 g/mol. The minimum Gasteiger partial charge on any atom is -0.508 e. The van der Waals surface area contributed by atoms with Gasteiger partial charge in [-0.15, -0.1) is 10.2 Å². The summed E-state index contributed by atoms with van der Waals surface area (Å²) in [4.78, 5) is 16.7. The van der Waals surface area contributed by atoms with Gasteiger partial charge in [-0.3, -0.25) is 9.78 Å². The van der Waals surface area contributed by atoms with Crippen LogP contribution >= 0.6 is 0 Å². The third kappa shape index (κ3) is 5.15. The molecule has 0 atom stereocenters. The van der Waals surface area contributed by atoms with Gasteiger partial charge in [-0.1, -0.05) is 24.3 Å². The molecule has 5 rings (SSSR count). The van der Waals surface area contributed by atoms with Crippen LogP contribution in [0.4, 0.5) is 19.0 Å². The molecule has 0 radical (unpaired) electrons. The molecule has 8 nitrogen and oxygen atoms in total. The van der Waals surface area contributed by atoms with Crippen molar-refractivity contribution in [3.8, 4) is 34.0 Å². The summed E-state index contributed by atoms with van der Waals surface area (Å²) < 4.78 is 41.7. The lowest BCUT2D eigenvalue weighted by Gasteiger charge is -2.10. The average molecular weight is 502 g/mol. The Morgan fingerprint density at radius 3 is 2.32 bits per heavy atom. The predicted molar refractivity (Wildman–Crippen MR) is 129 cm³/mol. The Morgan fingerprint density at radius 2 is 1.65 bits per heavy atom. The quantitative estimate of drug-likeness (QED) is 0.335. The zero-order chi connectivity index (χ0) is 26.0. The predicted octanol–water partition coefficient (Wildman–Crippen LogP) is 5.37. The van der Waals surface area contributed by atoms with Gasteiger partial charge in [0.15, 0.2) is 17.3 Å². The van der Waals surface area contributed by atoms with Crippen LogP contribution in [0.15, 0.2) is 91.3 Å². The number of phenols is 1. The summed E-state index contributed by atoms with van der Waals surface area (Å²) in [5.41, 5.74) is 1.37. The molecule has 2 aromatic carbocycles. The fraction of sp³-hybridized carbons (Fsp3) is 0.0385. The summed E-state index contributed by atoms with van der Waals surface area (Å²) in [7, 11) is 0. The zero-order valence-electron chi connectivity index (χ0n) is 18.9. The van der Waals surface area contributed by atoms with Gasteiger partial charge in [0.05, 0.1) is 5.69 Å². The van der Waals surface area contributed by atoms with Crippen LogP contribution in [0.2, 0.25) is 0 Å². The van der Waals surface area contributed by atoms with Crippen LogP contribution in [0, 0.1) is 0 Å². The van der Waals surface area contributed by atoms with Crippen LogP contribution < -0.4 is 5.32 Å². The zero-order valence-corrected chi connectivity index (χ0v) is 18.9. The van der Waals surface area contributed by atoms with Crippen LogP contribution in [-0.2, 0) is 6.18 Å². The van der Waals surface area contributed by atoms with E-state index in [0.717, 1.165) is 17.2 Å². The maximum Gasteiger partial charge on any atom is 0.433 e. The van der Waals surface area contributed by atoms with Gasteiger partial charge in [0.2, 0.25) is 0 Å². The number of benzene rings is 2. The summed E-state index contributed by atoms with van der Waals surface area (Å²) >= 11 is 0. The third-order valence-electron chi connectivity index (χ3n) is 5.39. The third-order valence-corrected chi connectivity index (χ3v) is 5.39. The molecule has 184 valence electrons. The van der Waals surface area contributed by atoms with E-state index in [2.05, 4.69) is 25.6 Å². The summed E-state index contributed by atoms with van der Waals surface area (Å²) in [6.07, 6.45) is -1.77. The highest BCUT2D eigenvalue weighted by Gasteiger charge is 2.37. The minimum absolute atomic E-state index is 0.0528. The molecule has 1 amide bonds. The Bertz CT molecular complexity index is 1550. The summed E-state index contributed by atoms with van der Waals surface area (Å²) in [6.45, 7) is 0. The first-order chi connectivity index (χ1) is 17.8. The average Bonchev–Trinajstić information content (AvgIpc) is 3.37. The van der Waals surface area contributed by atoms with E-state index in [1.807, 2.05) is 6.07 Å². The van der Waals surface area contributed by atoms with E-state index in [0.29, 0.717) is 15.8 Å². The van der Waals surface area contributed by atoms with Gasteiger partial charge in [-0.25, -0.2) is 4.68 Å². The number of carbonyl (C=O) groups excluding carboxylic acids is 1. The normalized spacial score (nSPS) is 11.3. The Hall–Kier alpha value is -5.06. The number of amides is 1. The molecule has 11 heteroatoms. The first kappa shape index (κ1) is 23.7. The highest BCUT2D eigenvalue weighted by molar-refractivity contribution is 6.04.